The van der Waals surface area contributed by atoms with Crippen LogP contribution in [-0.2, 0) is 0 Å². The minimum Gasteiger partial charge on any atom is -0.492 e. The van der Waals surface area contributed by atoms with Crippen LogP contribution >= 0.6 is 0 Å². The van der Waals surface area contributed by atoms with Crippen molar-refractivity contribution in [3.8, 4) is 5.75 Å². The van der Waals surface area contributed by atoms with E-state index in [0.29, 0.717) is 24.4 Å². The quantitative estimate of drug-likeness (QED) is 0.916. The minimum atomic E-state index is 0.0698. The third-order valence-electron chi connectivity index (χ3n) is 4.13. The lowest BCUT2D eigenvalue weighted by molar-refractivity contribution is 0.319. The van der Waals surface area contributed by atoms with Gasteiger partial charge in [0, 0.05) is 11.6 Å². The Balaban J connectivity index is 1.80. The van der Waals surface area contributed by atoms with Gasteiger partial charge >= 0.3 is 0 Å². The third-order valence-corrected chi connectivity index (χ3v) is 4.13. The Morgan fingerprint density at radius 2 is 2.14 bits per heavy atom. The van der Waals surface area contributed by atoms with Crippen molar-refractivity contribution >= 4 is 0 Å². The van der Waals surface area contributed by atoms with E-state index in [2.05, 4.69) is 42.3 Å². The van der Waals surface area contributed by atoms with Gasteiger partial charge in [-0.05, 0) is 19.5 Å². The molecular weight excluding hydrogens is 266 g/mol. The van der Waals surface area contributed by atoms with Gasteiger partial charge in [0.15, 0.2) is 5.82 Å². The molecule has 0 fully saturated rings. The fourth-order valence-electron chi connectivity index (χ4n) is 2.66. The molecule has 3 rings (SSSR count). The molecule has 0 spiro atoms. The Bertz CT molecular complexity index is 611. The van der Waals surface area contributed by atoms with E-state index >= 15 is 0 Å². The summed E-state index contributed by atoms with van der Waals surface area (Å²) in [6, 6.07) is 8.33. The van der Waals surface area contributed by atoms with Crippen molar-refractivity contribution in [1.29, 1.82) is 0 Å². The monoisotopic (exact) mass is 287 g/mol. The second-order valence-corrected chi connectivity index (χ2v) is 5.53. The highest BCUT2D eigenvalue weighted by atomic mass is 16.5. The van der Waals surface area contributed by atoms with Crippen LogP contribution in [0.5, 0.6) is 5.75 Å². The van der Waals surface area contributed by atoms with Crippen LogP contribution in [0.2, 0.25) is 0 Å². The van der Waals surface area contributed by atoms with Crippen LogP contribution in [0.3, 0.4) is 0 Å². The maximum atomic E-state index is 5.69. The molecule has 2 aromatic rings. The number of likely N-dealkylation sites (N-methyl/N-ethyl adjacent to an activating group) is 1. The first kappa shape index (κ1) is 14.1. The van der Waals surface area contributed by atoms with Crippen LogP contribution in [0.1, 0.15) is 49.9 Å². The highest BCUT2D eigenvalue weighted by Gasteiger charge is 2.30. The molecule has 0 amide bonds. The van der Waals surface area contributed by atoms with Crippen molar-refractivity contribution in [3.05, 3.63) is 41.5 Å². The lowest BCUT2D eigenvalue weighted by Crippen LogP contribution is -2.30. The van der Waals surface area contributed by atoms with E-state index in [1.807, 2.05) is 18.2 Å². The van der Waals surface area contributed by atoms with Crippen LogP contribution in [0, 0.1) is 0 Å². The zero-order chi connectivity index (χ0) is 14.8. The van der Waals surface area contributed by atoms with Gasteiger partial charge in [0.25, 0.3) is 0 Å². The van der Waals surface area contributed by atoms with Crippen LogP contribution < -0.4 is 10.1 Å². The van der Waals surface area contributed by atoms with E-state index in [9.17, 15) is 0 Å². The van der Waals surface area contributed by atoms with Gasteiger partial charge in [-0.2, -0.15) is 4.98 Å². The first-order valence-electron chi connectivity index (χ1n) is 7.49. The van der Waals surface area contributed by atoms with E-state index in [0.717, 1.165) is 17.9 Å². The number of fused-ring (bicyclic) bond motifs is 1. The Hall–Kier alpha value is -1.88. The van der Waals surface area contributed by atoms with E-state index in [-0.39, 0.29) is 11.8 Å². The van der Waals surface area contributed by atoms with Crippen molar-refractivity contribution in [2.24, 2.45) is 0 Å². The van der Waals surface area contributed by atoms with Crippen molar-refractivity contribution in [1.82, 2.24) is 15.5 Å². The first-order valence-corrected chi connectivity index (χ1v) is 7.49. The summed E-state index contributed by atoms with van der Waals surface area (Å²) >= 11 is 0. The summed E-state index contributed by atoms with van der Waals surface area (Å²) in [7, 11) is 0. The molecule has 1 aliphatic heterocycles. The lowest BCUT2D eigenvalue weighted by atomic mass is 10.0. The minimum absolute atomic E-state index is 0.0698. The SMILES string of the molecule is CCNC(C)C(C)c1nc(C2COc3ccccc32)no1. The highest BCUT2D eigenvalue weighted by molar-refractivity contribution is 5.42. The normalized spacial score (nSPS) is 19.9. The van der Waals surface area contributed by atoms with Gasteiger partial charge in [-0.3, -0.25) is 0 Å². The molecule has 112 valence electrons. The van der Waals surface area contributed by atoms with Gasteiger partial charge in [-0.25, -0.2) is 0 Å². The number of nitrogens with zero attached hydrogens (tertiary/aromatic N) is 2. The number of nitrogens with one attached hydrogen (secondary N) is 1. The molecule has 5 heteroatoms. The molecule has 0 aliphatic carbocycles. The second-order valence-electron chi connectivity index (χ2n) is 5.53. The third kappa shape index (κ3) is 2.65. The largest absolute Gasteiger partial charge is 0.492 e. The number of benzene rings is 1. The van der Waals surface area contributed by atoms with E-state index in [1.165, 1.54) is 0 Å². The summed E-state index contributed by atoms with van der Waals surface area (Å²) < 4.78 is 11.2. The maximum absolute atomic E-state index is 5.69. The van der Waals surface area contributed by atoms with Crippen LogP contribution in [0.4, 0.5) is 0 Å². The van der Waals surface area contributed by atoms with Gasteiger partial charge in [-0.15, -0.1) is 0 Å². The van der Waals surface area contributed by atoms with Crippen LogP contribution in [-0.4, -0.2) is 29.3 Å². The maximum Gasteiger partial charge on any atom is 0.231 e. The van der Waals surface area contributed by atoms with Crippen LogP contribution in [0.15, 0.2) is 28.8 Å². The molecular formula is C16H21N3O2. The van der Waals surface area contributed by atoms with Gasteiger partial charge in [0.05, 0.1) is 11.8 Å². The average Bonchev–Trinajstić information content (AvgIpc) is 3.13. The molecule has 3 unspecified atom stereocenters. The summed E-state index contributed by atoms with van der Waals surface area (Å²) in [5.41, 5.74) is 1.14. The Morgan fingerprint density at radius 1 is 1.33 bits per heavy atom. The van der Waals surface area contributed by atoms with E-state index in [1.54, 1.807) is 0 Å². The fourth-order valence-corrected chi connectivity index (χ4v) is 2.66. The van der Waals surface area contributed by atoms with Crippen molar-refractivity contribution in [2.45, 2.75) is 38.6 Å². The molecule has 21 heavy (non-hydrogen) atoms. The summed E-state index contributed by atoms with van der Waals surface area (Å²) in [6.07, 6.45) is 0. The van der Waals surface area contributed by atoms with Crippen molar-refractivity contribution in [3.63, 3.8) is 0 Å². The molecule has 1 aliphatic rings. The van der Waals surface area contributed by atoms with Gasteiger partial charge in [0.2, 0.25) is 5.89 Å². The number of para-hydroxylation sites is 1. The van der Waals surface area contributed by atoms with E-state index < -0.39 is 0 Å². The summed E-state index contributed by atoms with van der Waals surface area (Å²) in [5, 5.41) is 7.55. The fraction of sp³-hybridized carbons (Fsp3) is 0.500. The zero-order valence-electron chi connectivity index (χ0n) is 12.7. The smallest absolute Gasteiger partial charge is 0.231 e. The standard InChI is InChI=1S/C16H21N3O2/c1-4-17-11(3)10(2)16-18-15(19-21-16)13-9-20-14-8-6-5-7-12(13)14/h5-8,10-11,13,17H,4,9H2,1-3H3. The predicted octanol–water partition coefficient (Wildman–Crippen LogP) is 2.70. The molecule has 0 radical (unpaired) electrons. The highest BCUT2D eigenvalue weighted by Crippen LogP contribution is 2.36. The second kappa shape index (κ2) is 5.85. The van der Waals surface area contributed by atoms with Gasteiger partial charge in [0.1, 0.15) is 12.4 Å². The summed E-state index contributed by atoms with van der Waals surface area (Å²) in [4.78, 5) is 4.60. The Labute approximate surface area is 124 Å². The molecule has 5 nitrogen and oxygen atoms in total. The van der Waals surface area contributed by atoms with Crippen molar-refractivity contribution in [2.75, 3.05) is 13.2 Å². The van der Waals surface area contributed by atoms with Crippen molar-refractivity contribution < 1.29 is 9.26 Å². The topological polar surface area (TPSA) is 60.2 Å². The summed E-state index contributed by atoms with van der Waals surface area (Å²) in [5.74, 6) is 2.57. The molecule has 0 bridgehead atoms. The number of hydrogen-bond acceptors (Lipinski definition) is 5. The van der Waals surface area contributed by atoms with Gasteiger partial charge < -0.3 is 14.6 Å². The number of aromatic nitrogens is 2. The Morgan fingerprint density at radius 3 is 2.95 bits per heavy atom. The molecule has 0 saturated heterocycles. The number of rotatable bonds is 5. The lowest BCUT2D eigenvalue weighted by Gasteiger charge is -2.16. The predicted molar refractivity (Wildman–Crippen MR) is 79.6 cm³/mol. The Kier molecular flexibility index (Phi) is 3.92. The molecule has 1 aromatic heterocycles. The van der Waals surface area contributed by atoms with Crippen LogP contribution in [0.25, 0.3) is 0 Å². The average molecular weight is 287 g/mol. The number of hydrogen-bond donors (Lipinski definition) is 1. The molecule has 1 aromatic carbocycles. The molecule has 3 atom stereocenters. The molecule has 1 N–H and O–H groups in total. The van der Waals surface area contributed by atoms with E-state index in [4.69, 9.17) is 9.26 Å². The zero-order valence-corrected chi connectivity index (χ0v) is 12.7. The molecule has 2 heterocycles. The number of ether oxygens (including phenoxy) is 1. The molecule has 0 saturated carbocycles. The summed E-state index contributed by atoms with van der Waals surface area (Å²) in [6.45, 7) is 7.83. The van der Waals surface area contributed by atoms with Gasteiger partial charge in [-0.1, -0.05) is 37.2 Å². The first-order chi connectivity index (χ1) is 10.2.